The molecule has 1 aliphatic heterocycles. The van der Waals surface area contributed by atoms with Gasteiger partial charge in [0.25, 0.3) is 5.91 Å². The van der Waals surface area contributed by atoms with E-state index in [1.165, 1.54) is 0 Å². The van der Waals surface area contributed by atoms with Crippen LogP contribution in [0.3, 0.4) is 0 Å². The van der Waals surface area contributed by atoms with Crippen LogP contribution < -0.4 is 9.80 Å². The van der Waals surface area contributed by atoms with Crippen LogP contribution in [0.15, 0.2) is 0 Å². The Bertz CT molecular complexity index is 500. The number of hydrogen-bond donors (Lipinski definition) is 0. The number of carbonyl (C=O) groups is 1. The average molecular weight is 255 g/mol. The number of fused-ring (bicyclic) bond motifs is 1. The lowest BCUT2D eigenvalue weighted by Gasteiger charge is -2.44. The van der Waals surface area contributed by atoms with Crippen molar-refractivity contribution in [2.75, 3.05) is 23.9 Å². The standard InChI is InChI=1S/C11H15ClN4O/c1-6-7-8(14-10(12)13-6)16(5)11(2,3)9(17)15(7)4/h1-5H3. The van der Waals surface area contributed by atoms with Crippen LogP contribution in [0.1, 0.15) is 19.5 Å². The van der Waals surface area contributed by atoms with Crippen LogP contribution in [0.2, 0.25) is 5.28 Å². The van der Waals surface area contributed by atoms with Crippen molar-refractivity contribution in [3.63, 3.8) is 0 Å². The zero-order valence-corrected chi connectivity index (χ0v) is 11.3. The van der Waals surface area contributed by atoms with Gasteiger partial charge in [0, 0.05) is 14.1 Å². The molecule has 1 amide bonds. The number of aromatic nitrogens is 2. The first kappa shape index (κ1) is 12.1. The molecule has 0 aliphatic carbocycles. The fourth-order valence-corrected chi connectivity index (χ4v) is 2.27. The molecule has 0 atom stereocenters. The van der Waals surface area contributed by atoms with Gasteiger partial charge in [-0.25, -0.2) is 4.98 Å². The number of halogens is 1. The van der Waals surface area contributed by atoms with Crippen molar-refractivity contribution in [3.8, 4) is 0 Å². The number of amides is 1. The summed E-state index contributed by atoms with van der Waals surface area (Å²) in [5, 5.41) is 0.201. The van der Waals surface area contributed by atoms with Crippen molar-refractivity contribution < 1.29 is 4.79 Å². The van der Waals surface area contributed by atoms with Crippen molar-refractivity contribution in [1.29, 1.82) is 0 Å². The third-order valence-electron chi connectivity index (χ3n) is 3.33. The second-order valence-corrected chi connectivity index (χ2v) is 5.07. The molecule has 0 bridgehead atoms. The van der Waals surface area contributed by atoms with Gasteiger partial charge in [-0.15, -0.1) is 0 Å². The van der Waals surface area contributed by atoms with E-state index < -0.39 is 5.54 Å². The van der Waals surface area contributed by atoms with E-state index in [9.17, 15) is 4.79 Å². The van der Waals surface area contributed by atoms with Gasteiger partial charge in [-0.05, 0) is 32.4 Å². The van der Waals surface area contributed by atoms with Gasteiger partial charge in [-0.3, -0.25) is 4.79 Å². The van der Waals surface area contributed by atoms with Gasteiger partial charge in [0.1, 0.15) is 11.2 Å². The number of anilines is 2. The summed E-state index contributed by atoms with van der Waals surface area (Å²) in [5.41, 5.74) is 0.797. The Hall–Kier alpha value is -1.36. The number of rotatable bonds is 0. The zero-order valence-electron chi connectivity index (χ0n) is 10.6. The summed E-state index contributed by atoms with van der Waals surface area (Å²) in [6.07, 6.45) is 0. The number of carbonyl (C=O) groups excluding carboxylic acids is 1. The smallest absolute Gasteiger partial charge is 0.252 e. The van der Waals surface area contributed by atoms with Crippen molar-refractivity contribution in [1.82, 2.24) is 9.97 Å². The summed E-state index contributed by atoms with van der Waals surface area (Å²) in [6.45, 7) is 5.54. The molecule has 0 fully saturated rings. The Labute approximate surface area is 105 Å². The summed E-state index contributed by atoms with van der Waals surface area (Å²) < 4.78 is 0. The summed E-state index contributed by atoms with van der Waals surface area (Å²) in [4.78, 5) is 24.0. The van der Waals surface area contributed by atoms with Crippen LogP contribution in [0.4, 0.5) is 11.5 Å². The summed E-state index contributed by atoms with van der Waals surface area (Å²) >= 11 is 5.87. The van der Waals surface area contributed by atoms with E-state index in [1.54, 1.807) is 11.9 Å². The molecule has 6 heteroatoms. The monoisotopic (exact) mass is 254 g/mol. The Morgan fingerprint density at radius 1 is 1.24 bits per heavy atom. The highest BCUT2D eigenvalue weighted by molar-refractivity contribution is 6.28. The van der Waals surface area contributed by atoms with E-state index in [0.717, 1.165) is 5.69 Å². The summed E-state index contributed by atoms with van der Waals surface area (Å²) in [5.74, 6) is 0.705. The fraction of sp³-hybridized carbons (Fsp3) is 0.545. The predicted octanol–water partition coefficient (Wildman–Crippen LogP) is 1.63. The van der Waals surface area contributed by atoms with Gasteiger partial charge in [-0.1, -0.05) is 0 Å². The van der Waals surface area contributed by atoms with Gasteiger partial charge < -0.3 is 9.80 Å². The Balaban J connectivity index is 2.73. The van der Waals surface area contributed by atoms with Gasteiger partial charge in [0.15, 0.2) is 5.82 Å². The highest BCUT2D eigenvalue weighted by Crippen LogP contribution is 2.39. The fourth-order valence-electron chi connectivity index (χ4n) is 2.07. The number of nitrogens with zero attached hydrogens (tertiary/aromatic N) is 4. The number of hydrogen-bond acceptors (Lipinski definition) is 4. The second-order valence-electron chi connectivity index (χ2n) is 4.73. The van der Waals surface area contributed by atoms with E-state index in [1.807, 2.05) is 32.7 Å². The maximum atomic E-state index is 12.3. The molecule has 2 heterocycles. The third kappa shape index (κ3) is 1.57. The number of aryl methyl sites for hydroxylation is 1. The third-order valence-corrected chi connectivity index (χ3v) is 3.50. The van der Waals surface area contributed by atoms with E-state index >= 15 is 0 Å². The topological polar surface area (TPSA) is 49.3 Å². The lowest BCUT2D eigenvalue weighted by Crippen LogP contribution is -2.58. The van der Waals surface area contributed by atoms with E-state index in [0.29, 0.717) is 11.5 Å². The van der Waals surface area contributed by atoms with Gasteiger partial charge in [0.05, 0.1) is 5.69 Å². The molecule has 1 aromatic rings. The molecule has 0 spiro atoms. The minimum absolute atomic E-state index is 0.0153. The first-order chi connectivity index (χ1) is 7.76. The van der Waals surface area contributed by atoms with Crippen molar-refractivity contribution in [2.45, 2.75) is 26.3 Å². The van der Waals surface area contributed by atoms with Crippen LogP contribution in [-0.2, 0) is 4.79 Å². The second kappa shape index (κ2) is 3.57. The van der Waals surface area contributed by atoms with Gasteiger partial charge in [0.2, 0.25) is 5.28 Å². The average Bonchev–Trinajstić information content (AvgIpc) is 2.23. The summed E-state index contributed by atoms with van der Waals surface area (Å²) in [7, 11) is 3.58. The molecule has 0 aromatic carbocycles. The maximum absolute atomic E-state index is 12.3. The molecular weight excluding hydrogens is 240 g/mol. The maximum Gasteiger partial charge on any atom is 0.252 e. The minimum atomic E-state index is -0.633. The highest BCUT2D eigenvalue weighted by Gasteiger charge is 2.43. The lowest BCUT2D eigenvalue weighted by atomic mass is 9.97. The Kier molecular flexibility index (Phi) is 2.54. The minimum Gasteiger partial charge on any atom is -0.344 e. The molecule has 92 valence electrons. The first-order valence-corrected chi connectivity index (χ1v) is 5.70. The largest absolute Gasteiger partial charge is 0.344 e. The number of likely N-dealkylation sites (N-methyl/N-ethyl adjacent to an activating group) is 2. The van der Waals surface area contributed by atoms with E-state index in [-0.39, 0.29) is 11.2 Å². The zero-order chi connectivity index (χ0) is 13.0. The van der Waals surface area contributed by atoms with Crippen LogP contribution in [-0.4, -0.2) is 35.5 Å². The Morgan fingerprint density at radius 3 is 2.41 bits per heavy atom. The van der Waals surface area contributed by atoms with Gasteiger partial charge >= 0.3 is 0 Å². The molecule has 0 unspecified atom stereocenters. The molecular formula is C11H15ClN4O. The molecule has 2 rings (SSSR count). The molecule has 5 nitrogen and oxygen atoms in total. The van der Waals surface area contributed by atoms with Gasteiger partial charge in [-0.2, -0.15) is 4.98 Å². The lowest BCUT2D eigenvalue weighted by molar-refractivity contribution is -0.122. The van der Waals surface area contributed by atoms with Crippen LogP contribution in [0.25, 0.3) is 0 Å². The molecule has 0 radical (unpaired) electrons. The van der Waals surface area contributed by atoms with Crippen molar-refractivity contribution >= 4 is 29.0 Å². The molecule has 0 N–H and O–H groups in total. The van der Waals surface area contributed by atoms with Crippen LogP contribution >= 0.6 is 11.6 Å². The predicted molar refractivity (Wildman–Crippen MR) is 67.7 cm³/mol. The van der Waals surface area contributed by atoms with Crippen molar-refractivity contribution in [2.24, 2.45) is 0 Å². The highest BCUT2D eigenvalue weighted by atomic mass is 35.5. The van der Waals surface area contributed by atoms with E-state index in [4.69, 9.17) is 11.6 Å². The van der Waals surface area contributed by atoms with Crippen LogP contribution in [0, 0.1) is 6.92 Å². The SMILES string of the molecule is Cc1nc(Cl)nc2c1N(C)C(=O)C(C)(C)N2C. The molecule has 1 aromatic heterocycles. The molecule has 0 saturated carbocycles. The molecule has 0 saturated heterocycles. The van der Waals surface area contributed by atoms with Crippen molar-refractivity contribution in [3.05, 3.63) is 11.0 Å². The quantitative estimate of drug-likeness (QED) is 0.661. The molecule has 17 heavy (non-hydrogen) atoms. The Morgan fingerprint density at radius 2 is 1.82 bits per heavy atom. The molecule has 1 aliphatic rings. The normalized spacial score (nSPS) is 18.4. The summed E-state index contributed by atoms with van der Waals surface area (Å²) in [6, 6.07) is 0. The van der Waals surface area contributed by atoms with E-state index in [2.05, 4.69) is 9.97 Å². The van der Waals surface area contributed by atoms with Crippen LogP contribution in [0.5, 0.6) is 0 Å². The first-order valence-electron chi connectivity index (χ1n) is 5.33.